The molecule has 0 saturated heterocycles. The summed E-state index contributed by atoms with van der Waals surface area (Å²) < 4.78 is 23.4. The highest BCUT2D eigenvalue weighted by Gasteiger charge is 2.12. The second-order valence-corrected chi connectivity index (χ2v) is 4.77. The Bertz CT molecular complexity index is 377. The maximum absolute atomic E-state index is 13.1. The van der Waals surface area contributed by atoms with Gasteiger partial charge in [-0.15, -0.1) is 0 Å². The molecule has 5 heteroatoms. The molecule has 20 heavy (non-hydrogen) atoms. The number of ether oxygens (including phenoxy) is 2. The van der Waals surface area contributed by atoms with Crippen LogP contribution >= 0.6 is 0 Å². The van der Waals surface area contributed by atoms with Gasteiger partial charge in [-0.25, -0.2) is 4.39 Å². The highest BCUT2D eigenvalue weighted by atomic mass is 19.1. The number of nitrogens with zero attached hydrogens (tertiary/aromatic N) is 1. The van der Waals surface area contributed by atoms with E-state index in [0.29, 0.717) is 19.3 Å². The topological polar surface area (TPSA) is 33.7 Å². The fourth-order valence-electron chi connectivity index (χ4n) is 2.05. The quantitative estimate of drug-likeness (QED) is 0.714. The first-order chi connectivity index (χ1) is 9.67. The average Bonchev–Trinajstić information content (AvgIpc) is 2.43. The maximum Gasteiger partial charge on any atom is 0.125 e. The Kier molecular flexibility index (Phi) is 8.18. The van der Waals surface area contributed by atoms with Crippen molar-refractivity contribution in [3.8, 4) is 0 Å². The van der Waals surface area contributed by atoms with E-state index in [9.17, 15) is 4.39 Å². The van der Waals surface area contributed by atoms with Crippen LogP contribution in [0, 0.1) is 5.82 Å². The van der Waals surface area contributed by atoms with E-state index in [1.54, 1.807) is 20.3 Å². The van der Waals surface area contributed by atoms with Crippen LogP contribution < -0.4 is 5.32 Å². The Morgan fingerprint density at radius 1 is 1.25 bits per heavy atom. The largest absolute Gasteiger partial charge is 0.384 e. The van der Waals surface area contributed by atoms with Gasteiger partial charge in [0.25, 0.3) is 0 Å². The normalized spacial score (nSPS) is 12.7. The van der Waals surface area contributed by atoms with Gasteiger partial charge in [0, 0.05) is 45.6 Å². The van der Waals surface area contributed by atoms with E-state index in [-0.39, 0.29) is 5.82 Å². The zero-order chi connectivity index (χ0) is 14.8. The predicted molar refractivity (Wildman–Crippen MR) is 79.7 cm³/mol. The number of nitrogens with one attached hydrogen (secondary N) is 1. The first kappa shape index (κ1) is 16.9. The minimum Gasteiger partial charge on any atom is -0.384 e. The molecule has 0 amide bonds. The van der Waals surface area contributed by atoms with Gasteiger partial charge in [0.1, 0.15) is 5.82 Å². The van der Waals surface area contributed by atoms with Gasteiger partial charge in [-0.3, -0.25) is 4.90 Å². The maximum atomic E-state index is 13.1. The SMILES string of the molecule is COCCN(CCNc1cccc(F)c1)C(C)COC. The molecule has 0 saturated carbocycles. The molecule has 1 rings (SSSR count). The van der Waals surface area contributed by atoms with Crippen molar-refractivity contribution < 1.29 is 13.9 Å². The van der Waals surface area contributed by atoms with E-state index in [4.69, 9.17) is 9.47 Å². The monoisotopic (exact) mass is 284 g/mol. The van der Waals surface area contributed by atoms with Gasteiger partial charge in [0.15, 0.2) is 0 Å². The Labute approximate surface area is 120 Å². The Balaban J connectivity index is 2.40. The molecule has 114 valence electrons. The molecular weight excluding hydrogens is 259 g/mol. The fraction of sp³-hybridized carbons (Fsp3) is 0.600. The fourth-order valence-corrected chi connectivity index (χ4v) is 2.05. The summed E-state index contributed by atoms with van der Waals surface area (Å²) in [5, 5.41) is 3.23. The number of hydrogen-bond acceptors (Lipinski definition) is 4. The average molecular weight is 284 g/mol. The zero-order valence-corrected chi connectivity index (χ0v) is 12.6. The second kappa shape index (κ2) is 9.69. The molecule has 1 N–H and O–H groups in total. The van der Waals surface area contributed by atoms with Gasteiger partial charge in [-0.1, -0.05) is 6.07 Å². The summed E-state index contributed by atoms with van der Waals surface area (Å²) in [4.78, 5) is 2.29. The molecule has 0 aromatic heterocycles. The molecule has 1 unspecified atom stereocenters. The molecule has 4 nitrogen and oxygen atoms in total. The van der Waals surface area contributed by atoms with E-state index in [1.807, 2.05) is 6.07 Å². The Morgan fingerprint density at radius 2 is 2.05 bits per heavy atom. The minimum atomic E-state index is -0.223. The summed E-state index contributed by atoms with van der Waals surface area (Å²) in [6, 6.07) is 6.83. The highest BCUT2D eigenvalue weighted by Crippen LogP contribution is 2.09. The number of anilines is 1. The molecular formula is C15H25FN2O2. The van der Waals surface area contributed by atoms with Crippen LogP contribution in [0.2, 0.25) is 0 Å². The van der Waals surface area contributed by atoms with Crippen molar-refractivity contribution in [1.82, 2.24) is 4.90 Å². The van der Waals surface area contributed by atoms with Crippen LogP contribution in [0.3, 0.4) is 0 Å². The molecule has 0 aliphatic rings. The van der Waals surface area contributed by atoms with Crippen LogP contribution in [-0.4, -0.2) is 58.0 Å². The molecule has 0 aliphatic carbocycles. The lowest BCUT2D eigenvalue weighted by molar-refractivity contribution is 0.0777. The summed E-state index contributed by atoms with van der Waals surface area (Å²) in [5.74, 6) is -0.223. The summed E-state index contributed by atoms with van der Waals surface area (Å²) >= 11 is 0. The number of hydrogen-bond donors (Lipinski definition) is 1. The molecule has 0 spiro atoms. The van der Waals surface area contributed by atoms with Crippen molar-refractivity contribution in [1.29, 1.82) is 0 Å². The predicted octanol–water partition coefficient (Wildman–Crippen LogP) is 2.22. The molecule has 1 aromatic carbocycles. The lowest BCUT2D eigenvalue weighted by Crippen LogP contribution is -2.41. The number of methoxy groups -OCH3 is 2. The molecule has 0 radical (unpaired) electrons. The van der Waals surface area contributed by atoms with Crippen LogP contribution in [0.5, 0.6) is 0 Å². The number of rotatable bonds is 10. The lowest BCUT2D eigenvalue weighted by atomic mass is 10.2. The van der Waals surface area contributed by atoms with Crippen molar-refractivity contribution >= 4 is 5.69 Å². The van der Waals surface area contributed by atoms with Crippen LogP contribution in [0.15, 0.2) is 24.3 Å². The summed E-state index contributed by atoms with van der Waals surface area (Å²) in [6.45, 7) is 5.95. The first-order valence-corrected chi connectivity index (χ1v) is 6.88. The van der Waals surface area contributed by atoms with E-state index in [1.165, 1.54) is 12.1 Å². The van der Waals surface area contributed by atoms with Gasteiger partial charge < -0.3 is 14.8 Å². The number of halogens is 1. The van der Waals surface area contributed by atoms with Crippen molar-refractivity contribution in [2.24, 2.45) is 0 Å². The zero-order valence-electron chi connectivity index (χ0n) is 12.6. The Hall–Kier alpha value is -1.17. The second-order valence-electron chi connectivity index (χ2n) is 4.77. The van der Waals surface area contributed by atoms with Gasteiger partial charge >= 0.3 is 0 Å². The van der Waals surface area contributed by atoms with Gasteiger partial charge in [-0.2, -0.15) is 0 Å². The van der Waals surface area contributed by atoms with Crippen LogP contribution in [0.1, 0.15) is 6.92 Å². The van der Waals surface area contributed by atoms with Crippen LogP contribution in [0.25, 0.3) is 0 Å². The lowest BCUT2D eigenvalue weighted by Gasteiger charge is -2.28. The molecule has 1 aromatic rings. The molecule has 0 aliphatic heterocycles. The highest BCUT2D eigenvalue weighted by molar-refractivity contribution is 5.42. The van der Waals surface area contributed by atoms with E-state index in [2.05, 4.69) is 17.1 Å². The van der Waals surface area contributed by atoms with Gasteiger partial charge in [0.2, 0.25) is 0 Å². The van der Waals surface area contributed by atoms with Crippen LogP contribution in [0.4, 0.5) is 10.1 Å². The van der Waals surface area contributed by atoms with E-state index in [0.717, 1.165) is 25.3 Å². The first-order valence-electron chi connectivity index (χ1n) is 6.88. The van der Waals surface area contributed by atoms with E-state index >= 15 is 0 Å². The van der Waals surface area contributed by atoms with Crippen molar-refractivity contribution in [3.05, 3.63) is 30.1 Å². The molecule has 0 fully saturated rings. The van der Waals surface area contributed by atoms with Crippen molar-refractivity contribution in [3.63, 3.8) is 0 Å². The molecule has 0 bridgehead atoms. The third-order valence-corrected chi connectivity index (χ3v) is 3.17. The van der Waals surface area contributed by atoms with E-state index < -0.39 is 0 Å². The van der Waals surface area contributed by atoms with Crippen LogP contribution in [-0.2, 0) is 9.47 Å². The third-order valence-electron chi connectivity index (χ3n) is 3.17. The summed E-state index contributed by atoms with van der Waals surface area (Å²) in [7, 11) is 3.40. The molecule has 1 atom stereocenters. The Morgan fingerprint density at radius 3 is 2.70 bits per heavy atom. The molecule has 0 heterocycles. The standard InChI is InChI=1S/C15H25FN2O2/c1-13(12-20-3)18(9-10-19-2)8-7-17-15-6-4-5-14(16)11-15/h4-6,11,13,17H,7-10,12H2,1-3H3. The van der Waals surface area contributed by atoms with Gasteiger partial charge in [0.05, 0.1) is 13.2 Å². The third kappa shape index (κ3) is 6.32. The smallest absolute Gasteiger partial charge is 0.125 e. The summed E-state index contributed by atoms with van der Waals surface area (Å²) in [5.41, 5.74) is 0.802. The van der Waals surface area contributed by atoms with Crippen molar-refractivity contribution in [2.45, 2.75) is 13.0 Å². The van der Waals surface area contributed by atoms with Crippen molar-refractivity contribution in [2.75, 3.05) is 52.4 Å². The number of benzene rings is 1. The minimum absolute atomic E-state index is 0.223. The van der Waals surface area contributed by atoms with Gasteiger partial charge in [-0.05, 0) is 25.1 Å². The summed E-state index contributed by atoms with van der Waals surface area (Å²) in [6.07, 6.45) is 0.